The Morgan fingerprint density at radius 1 is 0.967 bits per heavy atom. The third-order valence-corrected chi connectivity index (χ3v) is 8.93. The summed E-state index contributed by atoms with van der Waals surface area (Å²) in [4.78, 5) is 39.6. The van der Waals surface area contributed by atoms with Crippen LogP contribution in [0.25, 0.3) is 5.31 Å². The molecule has 168 valence electrons. The second-order valence-electron chi connectivity index (χ2n) is 8.31. The summed E-state index contributed by atoms with van der Waals surface area (Å²) < 4.78 is 24.4. The Balaban J connectivity index is 1.73. The molecule has 1 saturated heterocycles. The molecule has 0 bridgehead atoms. The summed E-state index contributed by atoms with van der Waals surface area (Å²) in [5.41, 5.74) is 0.851. The van der Waals surface area contributed by atoms with Gasteiger partial charge in [-0.1, -0.05) is 30.7 Å². The topological polar surface area (TPSA) is 127 Å². The highest BCUT2D eigenvalue weighted by molar-refractivity contribution is 7.80. The highest BCUT2D eigenvalue weighted by atomic mass is 32.1. The minimum Gasteiger partial charge on any atom is -0.321 e. The fourth-order valence-corrected chi connectivity index (χ4v) is 7.83. The normalized spacial score (nSPS) is 24.9. The zero-order valence-corrected chi connectivity index (χ0v) is 19.5. The fraction of sp³-hybridized carbons (Fsp3) is 0.600. The van der Waals surface area contributed by atoms with Crippen LogP contribution in [0.5, 0.6) is 0 Å². The van der Waals surface area contributed by atoms with Crippen molar-refractivity contribution in [3.63, 3.8) is 0 Å². The van der Waals surface area contributed by atoms with Crippen LogP contribution in [0, 0.1) is 5.92 Å². The van der Waals surface area contributed by atoms with E-state index in [1.807, 2.05) is 0 Å². The van der Waals surface area contributed by atoms with Crippen molar-refractivity contribution in [3.8, 4) is 0 Å². The van der Waals surface area contributed by atoms with Gasteiger partial charge in [-0.25, -0.2) is 0 Å². The Hall–Kier alpha value is -0.430. The standard InChI is InChI=1S/C20H31NO6P2S/c22-28(23,24)19-17-7-2-1-6-16(17)18(20(19)29(25,26)27)11-10-15-9-8-14(13-21-15)5-3-4-12-30/h1-2,6-7,14-15,18,21,30H,3-5,8-13H2,(H2,22,23,24)(H2,25,26,27). The Morgan fingerprint density at radius 3 is 2.30 bits per heavy atom. The first-order chi connectivity index (χ1) is 14.1. The van der Waals surface area contributed by atoms with E-state index in [4.69, 9.17) is 0 Å². The maximum Gasteiger partial charge on any atom is 0.357 e. The Kier molecular flexibility index (Phi) is 8.08. The molecule has 0 radical (unpaired) electrons. The molecule has 1 aliphatic heterocycles. The number of allylic oxidation sites excluding steroid dienone is 1. The first kappa shape index (κ1) is 24.2. The van der Waals surface area contributed by atoms with Gasteiger partial charge in [-0.05, 0) is 67.9 Å². The number of rotatable bonds is 9. The van der Waals surface area contributed by atoms with Crippen molar-refractivity contribution in [1.82, 2.24) is 5.32 Å². The lowest BCUT2D eigenvalue weighted by atomic mass is 9.87. The quantitative estimate of drug-likeness (QED) is 0.181. The van der Waals surface area contributed by atoms with Crippen molar-refractivity contribution in [2.75, 3.05) is 12.3 Å². The smallest absolute Gasteiger partial charge is 0.321 e. The summed E-state index contributed by atoms with van der Waals surface area (Å²) in [6.07, 6.45) is 6.75. The number of hydrogen-bond donors (Lipinski definition) is 6. The van der Waals surface area contributed by atoms with Crippen LogP contribution < -0.4 is 5.32 Å². The lowest BCUT2D eigenvalue weighted by molar-refractivity contribution is 0.279. The number of fused-ring (bicyclic) bond motifs is 1. The summed E-state index contributed by atoms with van der Waals surface area (Å²) in [5, 5.41) is 2.66. The van der Waals surface area contributed by atoms with Crippen LogP contribution in [0.4, 0.5) is 0 Å². The van der Waals surface area contributed by atoms with Crippen LogP contribution in [0.1, 0.15) is 62.0 Å². The molecule has 5 N–H and O–H groups in total. The van der Waals surface area contributed by atoms with E-state index in [1.54, 1.807) is 18.2 Å². The number of nitrogens with one attached hydrogen (secondary N) is 1. The number of hydrogen-bond acceptors (Lipinski definition) is 4. The van der Waals surface area contributed by atoms with Gasteiger partial charge in [0.05, 0.1) is 10.6 Å². The number of unbranched alkanes of at least 4 members (excludes halogenated alkanes) is 1. The minimum absolute atomic E-state index is 0.246. The Labute approximate surface area is 183 Å². The molecule has 1 aromatic carbocycles. The van der Waals surface area contributed by atoms with Crippen LogP contribution in [0.2, 0.25) is 0 Å². The van der Waals surface area contributed by atoms with E-state index in [0.29, 0.717) is 24.3 Å². The maximum atomic E-state index is 12.3. The van der Waals surface area contributed by atoms with Gasteiger partial charge in [0, 0.05) is 12.0 Å². The number of piperidine rings is 1. The van der Waals surface area contributed by atoms with Gasteiger partial charge < -0.3 is 24.9 Å². The molecule has 1 aromatic rings. The zero-order chi connectivity index (χ0) is 21.9. The fourth-order valence-electron chi connectivity index (χ4n) is 4.79. The molecule has 3 atom stereocenters. The molecule has 0 aromatic heterocycles. The molecule has 3 rings (SSSR count). The molecular formula is C20H31NO6P2S. The number of thiol groups is 1. The Morgan fingerprint density at radius 2 is 1.70 bits per heavy atom. The SMILES string of the molecule is O=P(O)(O)C1=C(P(=O)(O)O)C(CCC2CCC(CCCCS)CN2)c2ccccc21. The van der Waals surface area contributed by atoms with E-state index >= 15 is 0 Å². The zero-order valence-electron chi connectivity index (χ0n) is 16.9. The van der Waals surface area contributed by atoms with Crippen LogP contribution >= 0.6 is 27.8 Å². The lowest BCUT2D eigenvalue weighted by Gasteiger charge is -2.31. The minimum atomic E-state index is -4.85. The van der Waals surface area contributed by atoms with E-state index in [1.165, 1.54) is 18.9 Å². The largest absolute Gasteiger partial charge is 0.357 e. The van der Waals surface area contributed by atoms with Crippen molar-refractivity contribution >= 4 is 33.1 Å². The van der Waals surface area contributed by atoms with Gasteiger partial charge in [0.15, 0.2) is 0 Å². The first-order valence-corrected chi connectivity index (χ1v) is 14.3. The summed E-state index contributed by atoms with van der Waals surface area (Å²) >= 11 is 4.25. The molecule has 1 heterocycles. The van der Waals surface area contributed by atoms with E-state index in [0.717, 1.165) is 31.6 Å². The summed E-state index contributed by atoms with van der Waals surface area (Å²) in [5.74, 6) is 0.886. The van der Waals surface area contributed by atoms with Crippen LogP contribution in [0.3, 0.4) is 0 Å². The molecule has 10 heteroatoms. The maximum absolute atomic E-state index is 12.3. The van der Waals surface area contributed by atoms with E-state index in [2.05, 4.69) is 17.9 Å². The van der Waals surface area contributed by atoms with Crippen LogP contribution in [-0.4, -0.2) is 37.9 Å². The van der Waals surface area contributed by atoms with Crippen LogP contribution in [-0.2, 0) is 9.13 Å². The summed E-state index contributed by atoms with van der Waals surface area (Å²) in [6.45, 7) is 0.938. The van der Waals surface area contributed by atoms with Gasteiger partial charge in [0.1, 0.15) is 0 Å². The lowest BCUT2D eigenvalue weighted by Crippen LogP contribution is -2.39. The second-order valence-corrected chi connectivity index (χ2v) is 11.9. The van der Waals surface area contributed by atoms with Crippen molar-refractivity contribution in [2.24, 2.45) is 5.92 Å². The molecule has 7 nitrogen and oxygen atoms in total. The summed E-state index contributed by atoms with van der Waals surface area (Å²) in [7, 11) is -9.69. The van der Waals surface area contributed by atoms with E-state index in [-0.39, 0.29) is 11.6 Å². The molecule has 2 aliphatic rings. The van der Waals surface area contributed by atoms with Crippen molar-refractivity contribution < 1.29 is 28.7 Å². The predicted octanol–water partition coefficient (Wildman–Crippen LogP) is 4.06. The molecule has 1 aliphatic carbocycles. The van der Waals surface area contributed by atoms with Gasteiger partial charge in [-0.3, -0.25) is 9.13 Å². The predicted molar refractivity (Wildman–Crippen MR) is 122 cm³/mol. The van der Waals surface area contributed by atoms with Gasteiger partial charge in [0.25, 0.3) is 0 Å². The Bertz CT molecular complexity index is 872. The third-order valence-electron chi connectivity index (χ3n) is 6.21. The highest BCUT2D eigenvalue weighted by Crippen LogP contribution is 2.69. The van der Waals surface area contributed by atoms with E-state index in [9.17, 15) is 28.7 Å². The first-order valence-electron chi connectivity index (χ1n) is 10.4. The van der Waals surface area contributed by atoms with Gasteiger partial charge >= 0.3 is 15.2 Å². The van der Waals surface area contributed by atoms with Crippen molar-refractivity contribution in [1.29, 1.82) is 0 Å². The molecule has 3 unspecified atom stereocenters. The molecule has 1 fully saturated rings. The van der Waals surface area contributed by atoms with E-state index < -0.39 is 31.7 Å². The van der Waals surface area contributed by atoms with Gasteiger partial charge in [-0.2, -0.15) is 12.6 Å². The average Bonchev–Trinajstić information content (AvgIpc) is 3.03. The van der Waals surface area contributed by atoms with Gasteiger partial charge in [0.2, 0.25) is 0 Å². The number of benzene rings is 1. The third kappa shape index (κ3) is 5.67. The molecular weight excluding hydrogens is 444 g/mol. The molecule has 0 amide bonds. The van der Waals surface area contributed by atoms with Crippen molar-refractivity contribution in [3.05, 3.63) is 40.7 Å². The second kappa shape index (κ2) is 10.0. The highest BCUT2D eigenvalue weighted by Gasteiger charge is 2.46. The van der Waals surface area contributed by atoms with Crippen molar-refractivity contribution in [2.45, 2.75) is 56.9 Å². The molecule has 0 saturated carbocycles. The van der Waals surface area contributed by atoms with Crippen LogP contribution in [0.15, 0.2) is 29.6 Å². The molecule has 30 heavy (non-hydrogen) atoms. The summed E-state index contributed by atoms with van der Waals surface area (Å²) in [6, 6.07) is 6.86. The van der Waals surface area contributed by atoms with Gasteiger partial charge in [-0.15, -0.1) is 0 Å². The molecule has 0 spiro atoms. The monoisotopic (exact) mass is 475 g/mol. The average molecular weight is 475 g/mol.